The Morgan fingerprint density at radius 2 is 0.597 bits per heavy atom. The van der Waals surface area contributed by atoms with E-state index in [1.807, 2.05) is 86.6 Å². The largest absolute Gasteiger partial charge is 0.310 e. The van der Waals surface area contributed by atoms with Gasteiger partial charge in [-0.25, -0.2) is 0 Å². The molecule has 0 aliphatic heterocycles. The van der Waals surface area contributed by atoms with Gasteiger partial charge >= 0.3 is 20.4 Å². The average Bonchev–Trinajstić information content (AvgIpc) is 3.76. The molecule has 316 valence electrons. The smallest absolute Gasteiger partial charge is 0.308 e. The number of benzene rings is 6. The number of fused-ring (bicyclic) bond motifs is 1. The van der Waals surface area contributed by atoms with Crippen LogP contribution in [0.15, 0.2) is 168 Å². The van der Waals surface area contributed by atoms with E-state index in [0.29, 0.717) is 35.4 Å². The highest BCUT2D eigenvalue weighted by atomic mass is 32.5. The molecule has 14 heteroatoms. The van der Waals surface area contributed by atoms with Gasteiger partial charge in [-0.15, -0.1) is 0 Å². The summed E-state index contributed by atoms with van der Waals surface area (Å²) in [5.41, 5.74) is 10.4. The van der Waals surface area contributed by atoms with Crippen LogP contribution in [0.4, 0.5) is 38.9 Å². The second-order valence-electron chi connectivity index (χ2n) is 14.8. The molecule has 0 aliphatic carbocycles. The Morgan fingerprint density at radius 1 is 0.339 bits per heavy atom. The van der Waals surface area contributed by atoms with Crippen molar-refractivity contribution in [2.75, 3.05) is 0 Å². The molecule has 0 saturated carbocycles. The maximum Gasteiger partial charge on any atom is 0.310 e. The molecule has 0 spiro atoms. The van der Waals surface area contributed by atoms with Gasteiger partial charge in [0, 0.05) is 33.6 Å². The van der Waals surface area contributed by atoms with E-state index in [1.54, 1.807) is 24.3 Å². The third kappa shape index (κ3) is 8.98. The van der Waals surface area contributed by atoms with E-state index in [1.165, 1.54) is 0 Å². The van der Waals surface area contributed by atoms with Crippen LogP contribution in [0, 0.1) is 37.5 Å². The van der Waals surface area contributed by atoms with Crippen LogP contribution in [0.2, 0.25) is 0 Å². The van der Waals surface area contributed by atoms with Gasteiger partial charge in [-0.1, -0.05) is 122 Å². The third-order valence-corrected chi connectivity index (χ3v) is 12.3. The van der Waals surface area contributed by atoms with Crippen LogP contribution in [0.5, 0.6) is 0 Å². The molecule has 2 aromatic heterocycles. The molecule has 0 bridgehead atoms. The minimum Gasteiger partial charge on any atom is -0.308 e. The summed E-state index contributed by atoms with van der Waals surface area (Å²) in [6.07, 6.45) is 0. The molecule has 0 aliphatic rings. The highest BCUT2D eigenvalue weighted by molar-refractivity contribution is 8.46. The lowest BCUT2D eigenvalue weighted by molar-refractivity contribution is 0.360. The van der Waals surface area contributed by atoms with E-state index in [4.69, 9.17) is 0 Å². The number of rotatable bonds is 6. The summed E-state index contributed by atoms with van der Waals surface area (Å²) >= 11 is 0. The SMILES string of the molecule is Cc1ccc(-n2c(-c3ccc(C#Cc4ccc(S(F)(F)(F)(F)F)cc4)cc3)cc3c2cc(-c2ccc(C#Cc4ccc(S(F)(F)(F)(F)F)cc4)cc2)n3-c2ccc(C)cc2)cc1. The summed E-state index contributed by atoms with van der Waals surface area (Å²) in [5, 5.41) is 0. The minimum absolute atomic E-state index is 0.140. The van der Waals surface area contributed by atoms with Crippen LogP contribution >= 0.6 is 20.4 Å². The normalized spacial score (nSPS) is 14.1. The molecule has 62 heavy (non-hydrogen) atoms. The topological polar surface area (TPSA) is 9.86 Å². The summed E-state index contributed by atoms with van der Waals surface area (Å²) in [5.74, 6) is 11.3. The van der Waals surface area contributed by atoms with Gasteiger partial charge in [0.15, 0.2) is 0 Å². The van der Waals surface area contributed by atoms with Crippen LogP contribution in [0.3, 0.4) is 0 Å². The van der Waals surface area contributed by atoms with Gasteiger partial charge in [0.2, 0.25) is 0 Å². The minimum atomic E-state index is -9.80. The summed E-state index contributed by atoms with van der Waals surface area (Å²) in [6.45, 7) is 3.98. The molecule has 2 nitrogen and oxygen atoms in total. The zero-order valence-corrected chi connectivity index (χ0v) is 34.1. The third-order valence-electron chi connectivity index (χ3n) is 10.0. The van der Waals surface area contributed by atoms with Crippen LogP contribution in [0.25, 0.3) is 44.9 Å². The lowest BCUT2D eigenvalue weighted by Crippen LogP contribution is -2.05. The monoisotopic (exact) mass is 890 g/mol. The van der Waals surface area contributed by atoms with Gasteiger partial charge < -0.3 is 9.13 Å². The van der Waals surface area contributed by atoms with Gasteiger partial charge in [0.05, 0.1) is 22.4 Å². The average molecular weight is 891 g/mol. The van der Waals surface area contributed by atoms with Crippen molar-refractivity contribution in [1.29, 1.82) is 0 Å². The van der Waals surface area contributed by atoms with E-state index in [2.05, 4.69) is 44.9 Å². The zero-order valence-electron chi connectivity index (χ0n) is 32.5. The lowest BCUT2D eigenvalue weighted by atomic mass is 10.1. The molecule has 2 heterocycles. The number of hydrogen-bond donors (Lipinski definition) is 0. The first-order chi connectivity index (χ1) is 28.8. The fourth-order valence-electron chi connectivity index (χ4n) is 6.85. The van der Waals surface area contributed by atoms with Crippen molar-refractivity contribution in [2.24, 2.45) is 0 Å². The molecule has 8 aromatic rings. The first kappa shape index (κ1) is 42.0. The van der Waals surface area contributed by atoms with Crippen molar-refractivity contribution in [1.82, 2.24) is 9.13 Å². The van der Waals surface area contributed by atoms with Gasteiger partial charge in [0.1, 0.15) is 9.79 Å². The van der Waals surface area contributed by atoms with E-state index < -0.39 is 30.2 Å². The second kappa shape index (κ2) is 13.4. The highest BCUT2D eigenvalue weighted by Gasteiger charge is 2.66. The van der Waals surface area contributed by atoms with Crippen LogP contribution in [-0.4, -0.2) is 9.13 Å². The zero-order chi connectivity index (χ0) is 44.4. The van der Waals surface area contributed by atoms with Gasteiger partial charge in [0.25, 0.3) is 0 Å². The molecule has 0 N–H and O–H groups in total. The summed E-state index contributed by atoms with van der Waals surface area (Å²) in [6, 6.07) is 39.8. The Balaban J connectivity index is 1.18. The molecular formula is C48H32F10N2S2. The molecular weight excluding hydrogens is 859 g/mol. The van der Waals surface area contributed by atoms with Gasteiger partial charge in [-0.3, -0.25) is 0 Å². The second-order valence-corrected chi connectivity index (χ2v) is 19.6. The Kier molecular flexibility index (Phi) is 9.06. The molecule has 0 radical (unpaired) electrons. The fourth-order valence-corrected chi connectivity index (χ4v) is 8.15. The number of halogens is 10. The number of nitrogens with zero attached hydrogens (tertiary/aromatic N) is 2. The quantitative estimate of drug-likeness (QED) is 0.116. The summed E-state index contributed by atoms with van der Waals surface area (Å²) in [4.78, 5) is -3.96. The molecule has 6 aromatic carbocycles. The predicted octanol–water partition coefficient (Wildman–Crippen LogP) is 16.5. The first-order valence-electron chi connectivity index (χ1n) is 18.6. The first-order valence-corrected chi connectivity index (χ1v) is 22.5. The van der Waals surface area contributed by atoms with Crippen LogP contribution < -0.4 is 0 Å². The van der Waals surface area contributed by atoms with Crippen LogP contribution in [0.1, 0.15) is 33.4 Å². The highest BCUT2D eigenvalue weighted by Crippen LogP contribution is 3.02. The Labute approximate surface area is 350 Å². The van der Waals surface area contributed by atoms with Crippen molar-refractivity contribution in [3.63, 3.8) is 0 Å². The standard InChI is InChI=1S/C48H32F10N2S2/c1-33-3-23-41(24-4-33)59-45(39-19-11-35(12-20-39)7-9-37-15-27-43(28-16-37)61(49,50,51,52)53)31-48-47(59)32-46(60(48)42-25-5-34(2)6-26-42)40-21-13-36(14-22-40)8-10-38-17-29-44(30-18-38)62(54,55,56,57)58/h3-6,11-32H,1-2H3. The maximum atomic E-state index is 13.2. The number of aryl methyl sites for hydroxylation is 2. The van der Waals surface area contributed by atoms with E-state index >= 15 is 0 Å². The molecule has 0 atom stereocenters. The fraction of sp³-hybridized carbons (Fsp3) is 0.0417. The van der Waals surface area contributed by atoms with Crippen molar-refractivity contribution >= 4 is 31.5 Å². The van der Waals surface area contributed by atoms with E-state index in [-0.39, 0.29) is 11.1 Å². The molecule has 0 fully saturated rings. The number of aromatic nitrogens is 2. The summed E-state index contributed by atoms with van der Waals surface area (Å²) < 4.78 is 136. The van der Waals surface area contributed by atoms with Gasteiger partial charge in [-0.2, -0.15) is 0 Å². The lowest BCUT2D eigenvalue weighted by Gasteiger charge is -2.40. The molecule has 8 rings (SSSR count). The summed E-state index contributed by atoms with van der Waals surface area (Å²) in [7, 11) is -19.6. The number of hydrogen-bond acceptors (Lipinski definition) is 0. The van der Waals surface area contributed by atoms with Gasteiger partial charge in [-0.05, 0) is 134 Å². The maximum absolute atomic E-state index is 13.2. The van der Waals surface area contributed by atoms with Crippen LogP contribution in [-0.2, 0) is 0 Å². The predicted molar refractivity (Wildman–Crippen MR) is 231 cm³/mol. The Hall–Kier alpha value is -6.74. The Morgan fingerprint density at radius 3 is 0.855 bits per heavy atom. The van der Waals surface area contributed by atoms with Crippen molar-refractivity contribution < 1.29 is 38.9 Å². The Bertz CT molecular complexity index is 2930. The molecule has 0 amide bonds. The van der Waals surface area contributed by atoms with E-state index in [9.17, 15) is 38.9 Å². The van der Waals surface area contributed by atoms with Crippen molar-refractivity contribution in [3.8, 4) is 57.6 Å². The van der Waals surface area contributed by atoms with Crippen molar-refractivity contribution in [2.45, 2.75) is 23.6 Å². The van der Waals surface area contributed by atoms with E-state index in [0.717, 1.165) is 80.3 Å². The molecule has 0 saturated heterocycles. The molecule has 0 unspecified atom stereocenters. The van der Waals surface area contributed by atoms with Crippen molar-refractivity contribution in [3.05, 3.63) is 191 Å².